The molecule has 1 aromatic carbocycles. The van der Waals surface area contributed by atoms with E-state index in [1.54, 1.807) is 18.2 Å². The molecule has 0 aliphatic carbocycles. The summed E-state index contributed by atoms with van der Waals surface area (Å²) in [6.07, 6.45) is 2.16. The molecule has 2 heteroatoms. The number of hydrogen-bond donors (Lipinski definition) is 1. The van der Waals surface area contributed by atoms with Gasteiger partial charge in [-0.1, -0.05) is 13.3 Å². The lowest BCUT2D eigenvalue weighted by molar-refractivity contribution is 0.307. The predicted molar refractivity (Wildman–Crippen MR) is 47.3 cm³/mol. The van der Waals surface area contributed by atoms with Crippen LogP contribution in [0.5, 0.6) is 11.5 Å². The molecule has 1 aromatic rings. The molecule has 0 bridgehead atoms. The Kier molecular flexibility index (Phi) is 3.45. The average Bonchev–Trinajstić information content (AvgIpc) is 2.05. The van der Waals surface area contributed by atoms with Gasteiger partial charge in [0.05, 0.1) is 6.61 Å². The number of rotatable bonds is 4. The minimum absolute atomic E-state index is 0.129. The molecule has 1 rings (SSSR count). The number of unbranched alkanes of at least 4 members (excludes halogenated alkanes) is 1. The summed E-state index contributed by atoms with van der Waals surface area (Å²) in [5.74, 6) is 0.837. The molecule has 0 aliphatic heterocycles. The van der Waals surface area contributed by atoms with E-state index in [0.29, 0.717) is 12.4 Å². The van der Waals surface area contributed by atoms with E-state index in [0.717, 1.165) is 12.8 Å². The van der Waals surface area contributed by atoms with Crippen molar-refractivity contribution in [3.05, 3.63) is 24.3 Å². The fourth-order valence-electron chi connectivity index (χ4n) is 0.858. The van der Waals surface area contributed by atoms with Crippen LogP contribution in [0.25, 0.3) is 0 Å². The van der Waals surface area contributed by atoms with Gasteiger partial charge >= 0.3 is 0 Å². The van der Waals surface area contributed by atoms with Gasteiger partial charge in [0.25, 0.3) is 0 Å². The average molecular weight is 165 g/mol. The molecular formula is C10H13O2. The summed E-state index contributed by atoms with van der Waals surface area (Å²) in [5.41, 5.74) is 0. The highest BCUT2D eigenvalue weighted by molar-refractivity contribution is 5.30. The van der Waals surface area contributed by atoms with Gasteiger partial charge in [0, 0.05) is 12.1 Å². The summed E-state index contributed by atoms with van der Waals surface area (Å²) in [5, 5.41) is 9.03. The maximum Gasteiger partial charge on any atom is 0.127 e. The molecule has 12 heavy (non-hydrogen) atoms. The van der Waals surface area contributed by atoms with Gasteiger partial charge in [0.15, 0.2) is 0 Å². The van der Waals surface area contributed by atoms with Crippen molar-refractivity contribution in [2.45, 2.75) is 19.8 Å². The number of phenolic OH excluding ortho intramolecular Hbond substituents is 1. The molecule has 1 radical (unpaired) electrons. The highest BCUT2D eigenvalue weighted by Crippen LogP contribution is 2.17. The normalized spacial score (nSPS) is 9.75. The summed E-state index contributed by atoms with van der Waals surface area (Å²) in [7, 11) is 0. The first-order valence-electron chi connectivity index (χ1n) is 4.16. The van der Waals surface area contributed by atoms with Crippen LogP contribution in [0.4, 0.5) is 0 Å². The number of ether oxygens (including phenoxy) is 1. The maximum atomic E-state index is 9.03. The highest BCUT2D eigenvalue weighted by Gasteiger charge is 1.93. The smallest absolute Gasteiger partial charge is 0.127 e. The lowest BCUT2D eigenvalue weighted by Crippen LogP contribution is -1.95. The second-order valence-electron chi connectivity index (χ2n) is 2.61. The monoisotopic (exact) mass is 165 g/mol. The van der Waals surface area contributed by atoms with Crippen molar-refractivity contribution < 1.29 is 9.84 Å². The second kappa shape index (κ2) is 4.65. The number of phenols is 1. The Balaban J connectivity index is 2.41. The third-order valence-electron chi connectivity index (χ3n) is 1.52. The van der Waals surface area contributed by atoms with E-state index in [1.807, 2.05) is 0 Å². The fraction of sp³-hybridized carbons (Fsp3) is 0.400. The molecule has 0 saturated heterocycles. The lowest BCUT2D eigenvalue weighted by Gasteiger charge is -2.04. The Hall–Kier alpha value is -1.18. The molecule has 2 nitrogen and oxygen atoms in total. The maximum absolute atomic E-state index is 9.03. The number of hydrogen-bond acceptors (Lipinski definition) is 2. The van der Waals surface area contributed by atoms with Gasteiger partial charge in [-0.05, 0) is 18.6 Å². The first-order valence-corrected chi connectivity index (χ1v) is 4.16. The quantitative estimate of drug-likeness (QED) is 0.694. The Morgan fingerprint density at radius 1 is 1.58 bits per heavy atom. The molecule has 65 valence electrons. The van der Waals surface area contributed by atoms with Gasteiger partial charge in [0.1, 0.15) is 11.5 Å². The Morgan fingerprint density at radius 3 is 3.08 bits per heavy atom. The molecular weight excluding hydrogens is 152 g/mol. The van der Waals surface area contributed by atoms with Crippen molar-refractivity contribution in [2.75, 3.05) is 6.61 Å². The van der Waals surface area contributed by atoms with Crippen molar-refractivity contribution in [3.63, 3.8) is 0 Å². The molecule has 0 spiro atoms. The van der Waals surface area contributed by atoms with Crippen molar-refractivity contribution >= 4 is 0 Å². The van der Waals surface area contributed by atoms with Gasteiger partial charge in [0.2, 0.25) is 0 Å². The summed E-state index contributed by atoms with van der Waals surface area (Å²) >= 11 is 0. The molecule has 0 aliphatic rings. The zero-order chi connectivity index (χ0) is 8.81. The summed E-state index contributed by atoms with van der Waals surface area (Å²) < 4.78 is 5.35. The van der Waals surface area contributed by atoms with E-state index in [4.69, 9.17) is 9.84 Å². The largest absolute Gasteiger partial charge is 0.507 e. The minimum Gasteiger partial charge on any atom is -0.507 e. The van der Waals surface area contributed by atoms with E-state index in [2.05, 4.69) is 13.0 Å². The van der Waals surface area contributed by atoms with Gasteiger partial charge in [-0.25, -0.2) is 0 Å². The van der Waals surface area contributed by atoms with Gasteiger partial charge < -0.3 is 9.84 Å². The summed E-state index contributed by atoms with van der Waals surface area (Å²) in [4.78, 5) is 0. The topological polar surface area (TPSA) is 29.5 Å². The molecule has 0 aromatic heterocycles. The lowest BCUT2D eigenvalue weighted by atomic mass is 10.3. The SMILES string of the molecule is CCCCOc1cc[c]c(O)c1. The van der Waals surface area contributed by atoms with Gasteiger partial charge in [-0.3, -0.25) is 0 Å². The van der Waals surface area contributed by atoms with E-state index in [-0.39, 0.29) is 5.75 Å². The van der Waals surface area contributed by atoms with Crippen molar-refractivity contribution in [3.8, 4) is 11.5 Å². The van der Waals surface area contributed by atoms with Crippen LogP contribution in [0, 0.1) is 6.07 Å². The van der Waals surface area contributed by atoms with E-state index in [9.17, 15) is 0 Å². The molecule has 0 saturated carbocycles. The molecule has 0 fully saturated rings. The van der Waals surface area contributed by atoms with E-state index in [1.165, 1.54) is 0 Å². The van der Waals surface area contributed by atoms with Crippen LogP contribution < -0.4 is 4.74 Å². The standard InChI is InChI=1S/C10H13O2/c1-2-3-7-12-10-6-4-5-9(11)8-10/h4,6,8,11H,2-3,7H2,1H3. The van der Waals surface area contributed by atoms with Crippen LogP contribution in [-0.4, -0.2) is 11.7 Å². The van der Waals surface area contributed by atoms with Crippen LogP contribution in [0.3, 0.4) is 0 Å². The molecule has 0 unspecified atom stereocenters. The van der Waals surface area contributed by atoms with E-state index >= 15 is 0 Å². The third kappa shape index (κ3) is 2.82. The molecule has 1 N–H and O–H groups in total. The molecule has 0 heterocycles. The number of benzene rings is 1. The minimum atomic E-state index is 0.129. The Labute approximate surface area is 72.8 Å². The first kappa shape index (κ1) is 8.91. The fourth-order valence-corrected chi connectivity index (χ4v) is 0.858. The Bertz CT molecular complexity index is 233. The van der Waals surface area contributed by atoms with Crippen molar-refractivity contribution in [1.82, 2.24) is 0 Å². The van der Waals surface area contributed by atoms with Crippen LogP contribution in [-0.2, 0) is 0 Å². The van der Waals surface area contributed by atoms with Crippen LogP contribution in [0.15, 0.2) is 18.2 Å². The highest BCUT2D eigenvalue weighted by atomic mass is 16.5. The first-order chi connectivity index (χ1) is 5.83. The van der Waals surface area contributed by atoms with Gasteiger partial charge in [-0.15, -0.1) is 0 Å². The van der Waals surface area contributed by atoms with Crippen molar-refractivity contribution in [2.24, 2.45) is 0 Å². The zero-order valence-electron chi connectivity index (χ0n) is 7.21. The van der Waals surface area contributed by atoms with Crippen molar-refractivity contribution in [1.29, 1.82) is 0 Å². The summed E-state index contributed by atoms with van der Waals surface area (Å²) in [6.45, 7) is 2.82. The summed E-state index contributed by atoms with van der Waals surface area (Å²) in [6, 6.07) is 7.64. The zero-order valence-corrected chi connectivity index (χ0v) is 7.21. The number of aromatic hydroxyl groups is 1. The van der Waals surface area contributed by atoms with Crippen LogP contribution in [0.2, 0.25) is 0 Å². The Morgan fingerprint density at radius 2 is 2.42 bits per heavy atom. The molecule has 0 atom stereocenters. The second-order valence-corrected chi connectivity index (χ2v) is 2.61. The van der Waals surface area contributed by atoms with Crippen LogP contribution in [0.1, 0.15) is 19.8 Å². The van der Waals surface area contributed by atoms with Gasteiger partial charge in [-0.2, -0.15) is 0 Å². The predicted octanol–water partition coefficient (Wildman–Crippen LogP) is 2.37. The molecule has 0 amide bonds. The van der Waals surface area contributed by atoms with E-state index < -0.39 is 0 Å². The third-order valence-corrected chi connectivity index (χ3v) is 1.52. The van der Waals surface area contributed by atoms with Crippen LogP contribution >= 0.6 is 0 Å².